The lowest BCUT2D eigenvalue weighted by Crippen LogP contribution is -2.25. The van der Waals surface area contributed by atoms with Crippen LogP contribution >= 0.6 is 0 Å². The van der Waals surface area contributed by atoms with Gasteiger partial charge in [-0.15, -0.1) is 0 Å². The minimum Gasteiger partial charge on any atom is -0.465 e. The SMILES string of the molecule is CCc1cc(OC2CCCCO2)cc(C)c1C=O. The highest BCUT2D eigenvalue weighted by Crippen LogP contribution is 2.24. The Bertz CT molecular complexity index is 420. The van der Waals surface area contributed by atoms with E-state index in [4.69, 9.17) is 9.47 Å². The molecule has 1 aromatic carbocycles. The molecule has 1 aromatic rings. The second kappa shape index (κ2) is 6.01. The summed E-state index contributed by atoms with van der Waals surface area (Å²) < 4.78 is 11.4. The summed E-state index contributed by atoms with van der Waals surface area (Å²) in [5.74, 6) is 0.807. The molecule has 1 saturated heterocycles. The maximum absolute atomic E-state index is 11.0. The van der Waals surface area contributed by atoms with Gasteiger partial charge in [0.1, 0.15) is 5.75 Å². The first kappa shape index (κ1) is 13.1. The molecule has 2 rings (SSSR count). The van der Waals surface area contributed by atoms with Gasteiger partial charge in [-0.3, -0.25) is 4.79 Å². The van der Waals surface area contributed by atoms with Crippen LogP contribution in [0, 0.1) is 6.92 Å². The number of ether oxygens (including phenoxy) is 2. The Morgan fingerprint density at radius 3 is 2.89 bits per heavy atom. The molecule has 3 nitrogen and oxygen atoms in total. The largest absolute Gasteiger partial charge is 0.465 e. The highest BCUT2D eigenvalue weighted by molar-refractivity contribution is 5.80. The summed E-state index contributed by atoms with van der Waals surface area (Å²) in [7, 11) is 0. The molecule has 0 bridgehead atoms. The van der Waals surface area contributed by atoms with Crippen molar-refractivity contribution in [1.82, 2.24) is 0 Å². The Balaban J connectivity index is 2.17. The molecule has 0 N–H and O–H groups in total. The lowest BCUT2D eigenvalue weighted by Gasteiger charge is -2.24. The normalized spacial score (nSPS) is 19.6. The highest BCUT2D eigenvalue weighted by Gasteiger charge is 2.16. The Kier molecular flexibility index (Phi) is 4.37. The molecule has 0 amide bonds. The average molecular weight is 248 g/mol. The minimum absolute atomic E-state index is 0.134. The van der Waals surface area contributed by atoms with Gasteiger partial charge in [0.25, 0.3) is 0 Å². The molecule has 1 fully saturated rings. The monoisotopic (exact) mass is 248 g/mol. The van der Waals surface area contributed by atoms with Crippen LogP contribution in [0.5, 0.6) is 5.75 Å². The van der Waals surface area contributed by atoms with E-state index in [0.717, 1.165) is 61.0 Å². The Labute approximate surface area is 108 Å². The number of carbonyl (C=O) groups excluding carboxylic acids is 1. The lowest BCUT2D eigenvalue weighted by atomic mass is 10.0. The van der Waals surface area contributed by atoms with E-state index in [1.54, 1.807) is 0 Å². The predicted octanol–water partition coefficient (Wildman–Crippen LogP) is 3.28. The van der Waals surface area contributed by atoms with Gasteiger partial charge in [0.15, 0.2) is 12.6 Å². The number of aryl methyl sites for hydroxylation is 2. The molecule has 3 heteroatoms. The van der Waals surface area contributed by atoms with Gasteiger partial charge in [0.05, 0.1) is 6.61 Å². The lowest BCUT2D eigenvalue weighted by molar-refractivity contribution is -0.105. The van der Waals surface area contributed by atoms with Crippen molar-refractivity contribution in [3.63, 3.8) is 0 Å². The molecule has 1 atom stereocenters. The van der Waals surface area contributed by atoms with E-state index in [1.807, 2.05) is 26.0 Å². The molecule has 0 radical (unpaired) electrons. The van der Waals surface area contributed by atoms with E-state index in [1.165, 1.54) is 0 Å². The van der Waals surface area contributed by atoms with Crippen LogP contribution in [0.1, 0.15) is 47.7 Å². The van der Waals surface area contributed by atoms with Gasteiger partial charge >= 0.3 is 0 Å². The van der Waals surface area contributed by atoms with Crippen molar-refractivity contribution in [2.45, 2.75) is 45.8 Å². The van der Waals surface area contributed by atoms with Crippen molar-refractivity contribution >= 4 is 6.29 Å². The number of hydrogen-bond donors (Lipinski definition) is 0. The number of rotatable bonds is 4. The zero-order valence-electron chi connectivity index (χ0n) is 11.1. The van der Waals surface area contributed by atoms with Crippen LogP contribution in [0.25, 0.3) is 0 Å². The van der Waals surface area contributed by atoms with Gasteiger partial charge < -0.3 is 9.47 Å². The predicted molar refractivity (Wildman–Crippen MR) is 70.2 cm³/mol. The molecule has 0 aromatic heterocycles. The van der Waals surface area contributed by atoms with Crippen LogP contribution in [0.3, 0.4) is 0 Å². The van der Waals surface area contributed by atoms with Crippen molar-refractivity contribution in [3.05, 3.63) is 28.8 Å². The third kappa shape index (κ3) is 2.91. The first-order valence-electron chi connectivity index (χ1n) is 6.61. The quantitative estimate of drug-likeness (QED) is 0.767. The summed E-state index contributed by atoms with van der Waals surface area (Å²) in [6, 6.07) is 3.87. The van der Waals surface area contributed by atoms with E-state index < -0.39 is 0 Å². The second-order valence-electron chi connectivity index (χ2n) is 4.70. The van der Waals surface area contributed by atoms with Crippen LogP contribution in [-0.4, -0.2) is 19.2 Å². The number of benzene rings is 1. The van der Waals surface area contributed by atoms with Crippen molar-refractivity contribution in [1.29, 1.82) is 0 Å². The summed E-state index contributed by atoms with van der Waals surface area (Å²) >= 11 is 0. The summed E-state index contributed by atoms with van der Waals surface area (Å²) in [5.41, 5.74) is 2.79. The Morgan fingerprint density at radius 2 is 2.28 bits per heavy atom. The van der Waals surface area contributed by atoms with Crippen LogP contribution in [0.4, 0.5) is 0 Å². The van der Waals surface area contributed by atoms with Crippen molar-refractivity contribution in [2.75, 3.05) is 6.61 Å². The number of hydrogen-bond acceptors (Lipinski definition) is 3. The third-order valence-corrected chi connectivity index (χ3v) is 3.35. The molecule has 1 aliphatic heterocycles. The van der Waals surface area contributed by atoms with Gasteiger partial charge in [-0.1, -0.05) is 6.92 Å². The van der Waals surface area contributed by atoms with Gasteiger partial charge in [-0.05, 0) is 49.4 Å². The Hall–Kier alpha value is -1.35. The fraction of sp³-hybridized carbons (Fsp3) is 0.533. The summed E-state index contributed by atoms with van der Waals surface area (Å²) in [4.78, 5) is 11.0. The molecule has 1 unspecified atom stereocenters. The molecular weight excluding hydrogens is 228 g/mol. The smallest absolute Gasteiger partial charge is 0.199 e. The molecular formula is C15H20O3. The number of aldehydes is 1. The third-order valence-electron chi connectivity index (χ3n) is 3.35. The van der Waals surface area contributed by atoms with Crippen LogP contribution in [-0.2, 0) is 11.2 Å². The summed E-state index contributed by atoms with van der Waals surface area (Å²) in [6.45, 7) is 4.76. The van der Waals surface area contributed by atoms with Gasteiger partial charge in [-0.25, -0.2) is 0 Å². The summed E-state index contributed by atoms with van der Waals surface area (Å²) in [5, 5.41) is 0. The highest BCUT2D eigenvalue weighted by atomic mass is 16.7. The summed E-state index contributed by atoms with van der Waals surface area (Å²) in [6.07, 6.45) is 4.83. The molecule has 98 valence electrons. The van der Waals surface area contributed by atoms with Crippen molar-refractivity contribution in [3.8, 4) is 5.75 Å². The van der Waals surface area contributed by atoms with Crippen LogP contribution in [0.2, 0.25) is 0 Å². The first-order chi connectivity index (χ1) is 8.74. The average Bonchev–Trinajstić information content (AvgIpc) is 2.39. The maximum Gasteiger partial charge on any atom is 0.199 e. The topological polar surface area (TPSA) is 35.5 Å². The molecule has 18 heavy (non-hydrogen) atoms. The fourth-order valence-electron chi connectivity index (χ4n) is 2.32. The minimum atomic E-state index is -0.134. The molecule has 0 saturated carbocycles. The van der Waals surface area contributed by atoms with Crippen LogP contribution < -0.4 is 4.74 Å². The standard InChI is InChI=1S/C15H20O3/c1-3-12-9-13(8-11(2)14(12)10-16)18-15-6-4-5-7-17-15/h8-10,15H,3-7H2,1-2H3. The first-order valence-corrected chi connectivity index (χ1v) is 6.61. The van der Waals surface area contributed by atoms with Gasteiger partial charge in [0.2, 0.25) is 0 Å². The van der Waals surface area contributed by atoms with Crippen molar-refractivity contribution in [2.24, 2.45) is 0 Å². The molecule has 1 aliphatic rings. The van der Waals surface area contributed by atoms with Crippen molar-refractivity contribution < 1.29 is 14.3 Å². The molecule has 1 heterocycles. The van der Waals surface area contributed by atoms with Gasteiger partial charge in [-0.2, -0.15) is 0 Å². The van der Waals surface area contributed by atoms with Crippen LogP contribution in [0.15, 0.2) is 12.1 Å². The molecule has 0 aliphatic carbocycles. The fourth-order valence-corrected chi connectivity index (χ4v) is 2.32. The number of carbonyl (C=O) groups is 1. The zero-order chi connectivity index (χ0) is 13.0. The Morgan fingerprint density at radius 1 is 1.44 bits per heavy atom. The second-order valence-corrected chi connectivity index (χ2v) is 4.70. The van der Waals surface area contributed by atoms with E-state index in [0.29, 0.717) is 0 Å². The maximum atomic E-state index is 11.0. The van der Waals surface area contributed by atoms with E-state index in [-0.39, 0.29) is 6.29 Å². The van der Waals surface area contributed by atoms with E-state index in [9.17, 15) is 4.79 Å². The zero-order valence-corrected chi connectivity index (χ0v) is 11.1. The van der Waals surface area contributed by atoms with E-state index in [2.05, 4.69) is 0 Å². The molecule has 0 spiro atoms. The van der Waals surface area contributed by atoms with E-state index >= 15 is 0 Å². The van der Waals surface area contributed by atoms with Gasteiger partial charge in [0, 0.05) is 12.0 Å².